The van der Waals surface area contributed by atoms with E-state index in [1.807, 2.05) is 0 Å². The monoisotopic (exact) mass is 253 g/mol. The molecule has 2 N–H and O–H groups in total. The Morgan fingerprint density at radius 1 is 1.17 bits per heavy atom. The van der Waals surface area contributed by atoms with E-state index in [-0.39, 0.29) is 5.78 Å². The van der Waals surface area contributed by atoms with Gasteiger partial charge in [0.1, 0.15) is 0 Å². The number of carbonyl (C=O) groups is 1. The highest BCUT2D eigenvalue weighted by molar-refractivity contribution is 5.98. The van der Waals surface area contributed by atoms with E-state index < -0.39 is 0 Å². The fourth-order valence-electron chi connectivity index (χ4n) is 1.72. The topological polar surface area (TPSA) is 70.8 Å². The molecular weight excluding hydrogens is 234 g/mol. The van der Waals surface area contributed by atoms with Crippen LogP contribution in [0.15, 0.2) is 12.1 Å². The standard InChI is InChI=1S/C13H19NO4/c1-16-8-9-6-12(17-2)13(18-3)7-10(9)11(15)4-5-14/h6-7H,4-5,8,14H2,1-3H3. The summed E-state index contributed by atoms with van der Waals surface area (Å²) in [7, 11) is 4.66. The average molecular weight is 253 g/mol. The van der Waals surface area contributed by atoms with E-state index in [9.17, 15) is 4.79 Å². The second-order valence-electron chi connectivity index (χ2n) is 3.76. The number of Topliss-reactive ketones (excluding diaryl/α,β-unsaturated/α-hetero) is 1. The van der Waals surface area contributed by atoms with Crippen LogP contribution in [0.25, 0.3) is 0 Å². The van der Waals surface area contributed by atoms with Gasteiger partial charge in [0.05, 0.1) is 20.8 Å². The number of ether oxygens (including phenoxy) is 3. The summed E-state index contributed by atoms with van der Waals surface area (Å²) in [4.78, 5) is 12.0. The lowest BCUT2D eigenvalue weighted by molar-refractivity contribution is 0.0980. The lowest BCUT2D eigenvalue weighted by Gasteiger charge is -2.13. The van der Waals surface area contributed by atoms with Gasteiger partial charge in [0.15, 0.2) is 17.3 Å². The van der Waals surface area contributed by atoms with Crippen LogP contribution in [0.1, 0.15) is 22.3 Å². The van der Waals surface area contributed by atoms with E-state index in [1.165, 1.54) is 7.11 Å². The summed E-state index contributed by atoms with van der Waals surface area (Å²) in [6.45, 7) is 0.658. The second kappa shape index (κ2) is 6.98. The summed E-state index contributed by atoms with van der Waals surface area (Å²) in [6.07, 6.45) is 0.298. The largest absolute Gasteiger partial charge is 0.493 e. The maximum absolute atomic E-state index is 12.0. The molecule has 0 radical (unpaired) electrons. The zero-order chi connectivity index (χ0) is 13.5. The third-order valence-electron chi connectivity index (χ3n) is 2.58. The third kappa shape index (κ3) is 3.21. The van der Waals surface area contributed by atoms with Gasteiger partial charge in [-0.05, 0) is 24.2 Å². The fourth-order valence-corrected chi connectivity index (χ4v) is 1.72. The highest BCUT2D eigenvalue weighted by Gasteiger charge is 2.16. The molecule has 0 saturated heterocycles. The van der Waals surface area contributed by atoms with Crippen LogP contribution in [0, 0.1) is 0 Å². The fraction of sp³-hybridized carbons (Fsp3) is 0.462. The summed E-state index contributed by atoms with van der Waals surface area (Å²) < 4.78 is 15.5. The van der Waals surface area contributed by atoms with Gasteiger partial charge in [0.2, 0.25) is 0 Å². The Morgan fingerprint density at radius 3 is 2.28 bits per heavy atom. The molecule has 0 aromatic heterocycles. The molecule has 0 atom stereocenters. The predicted molar refractivity (Wildman–Crippen MR) is 68.3 cm³/mol. The van der Waals surface area contributed by atoms with Crippen molar-refractivity contribution >= 4 is 5.78 Å². The molecule has 1 aromatic carbocycles. The van der Waals surface area contributed by atoms with Gasteiger partial charge in [0.25, 0.3) is 0 Å². The summed E-state index contributed by atoms with van der Waals surface area (Å²) >= 11 is 0. The van der Waals surface area contributed by atoms with E-state index >= 15 is 0 Å². The molecule has 0 aliphatic carbocycles. The Morgan fingerprint density at radius 2 is 1.78 bits per heavy atom. The van der Waals surface area contributed by atoms with Crippen molar-refractivity contribution < 1.29 is 19.0 Å². The molecule has 0 fully saturated rings. The van der Waals surface area contributed by atoms with Crippen molar-refractivity contribution in [2.75, 3.05) is 27.9 Å². The number of ketones is 1. The summed E-state index contributed by atoms with van der Waals surface area (Å²) in [5.41, 5.74) is 6.75. The molecule has 0 unspecified atom stereocenters. The van der Waals surface area contributed by atoms with Crippen LogP contribution in [0.2, 0.25) is 0 Å². The minimum atomic E-state index is -0.0227. The van der Waals surface area contributed by atoms with Gasteiger partial charge < -0.3 is 19.9 Å². The highest BCUT2D eigenvalue weighted by Crippen LogP contribution is 2.31. The minimum absolute atomic E-state index is 0.0227. The SMILES string of the molecule is COCc1cc(OC)c(OC)cc1C(=O)CCN. The van der Waals surface area contributed by atoms with Crippen LogP contribution in [-0.2, 0) is 11.3 Å². The van der Waals surface area contributed by atoms with Gasteiger partial charge in [-0.1, -0.05) is 0 Å². The van der Waals surface area contributed by atoms with Gasteiger partial charge in [-0.25, -0.2) is 0 Å². The van der Waals surface area contributed by atoms with E-state index in [0.717, 1.165) is 5.56 Å². The minimum Gasteiger partial charge on any atom is -0.493 e. The Hall–Kier alpha value is -1.59. The number of carbonyl (C=O) groups excluding carboxylic acids is 1. The summed E-state index contributed by atoms with van der Waals surface area (Å²) in [5.74, 6) is 1.08. The van der Waals surface area contributed by atoms with Crippen molar-refractivity contribution in [3.63, 3.8) is 0 Å². The molecule has 5 heteroatoms. The average Bonchev–Trinajstić information content (AvgIpc) is 2.38. The normalized spacial score (nSPS) is 10.2. The molecule has 0 bridgehead atoms. The summed E-state index contributed by atoms with van der Waals surface area (Å²) in [5, 5.41) is 0. The Labute approximate surface area is 107 Å². The number of benzene rings is 1. The molecule has 1 rings (SSSR count). The molecular formula is C13H19NO4. The molecule has 5 nitrogen and oxygen atoms in total. The van der Waals surface area contributed by atoms with Crippen molar-refractivity contribution in [2.45, 2.75) is 13.0 Å². The number of methoxy groups -OCH3 is 3. The van der Waals surface area contributed by atoms with Gasteiger partial charge >= 0.3 is 0 Å². The molecule has 0 aliphatic heterocycles. The molecule has 0 spiro atoms. The van der Waals surface area contributed by atoms with E-state index in [4.69, 9.17) is 19.9 Å². The molecule has 1 aromatic rings. The first-order chi connectivity index (χ1) is 8.67. The summed E-state index contributed by atoms with van der Waals surface area (Å²) in [6, 6.07) is 3.43. The predicted octanol–water partition coefficient (Wildman–Crippen LogP) is 1.38. The first-order valence-electron chi connectivity index (χ1n) is 5.65. The number of hydrogen-bond acceptors (Lipinski definition) is 5. The van der Waals surface area contributed by atoms with Crippen LogP contribution >= 0.6 is 0 Å². The van der Waals surface area contributed by atoms with E-state index in [1.54, 1.807) is 26.4 Å². The van der Waals surface area contributed by atoms with Crippen LogP contribution < -0.4 is 15.2 Å². The molecule has 18 heavy (non-hydrogen) atoms. The molecule has 100 valence electrons. The maximum atomic E-state index is 12.0. The van der Waals surface area contributed by atoms with Crippen molar-refractivity contribution in [3.8, 4) is 11.5 Å². The van der Waals surface area contributed by atoms with Crippen LogP contribution in [0.5, 0.6) is 11.5 Å². The Balaban J connectivity index is 3.23. The van der Waals surface area contributed by atoms with Crippen molar-refractivity contribution in [3.05, 3.63) is 23.3 Å². The molecule has 0 heterocycles. The maximum Gasteiger partial charge on any atom is 0.164 e. The molecule has 0 aliphatic rings. The van der Waals surface area contributed by atoms with Crippen LogP contribution in [0.3, 0.4) is 0 Å². The van der Waals surface area contributed by atoms with Crippen molar-refractivity contribution in [1.29, 1.82) is 0 Å². The van der Waals surface area contributed by atoms with Crippen molar-refractivity contribution in [1.82, 2.24) is 0 Å². The van der Waals surface area contributed by atoms with Gasteiger partial charge in [-0.15, -0.1) is 0 Å². The first kappa shape index (κ1) is 14.5. The number of hydrogen-bond donors (Lipinski definition) is 1. The Kier molecular flexibility index (Phi) is 5.61. The smallest absolute Gasteiger partial charge is 0.164 e. The quantitative estimate of drug-likeness (QED) is 0.743. The first-order valence-corrected chi connectivity index (χ1v) is 5.65. The zero-order valence-corrected chi connectivity index (χ0v) is 11.0. The lowest BCUT2D eigenvalue weighted by Crippen LogP contribution is -2.11. The number of nitrogens with two attached hydrogens (primary N) is 1. The Bertz CT molecular complexity index is 418. The van der Waals surface area contributed by atoms with Crippen LogP contribution in [-0.4, -0.2) is 33.7 Å². The molecule has 0 saturated carbocycles. The van der Waals surface area contributed by atoms with E-state index in [0.29, 0.717) is 36.6 Å². The molecule has 0 amide bonds. The zero-order valence-electron chi connectivity index (χ0n) is 11.0. The third-order valence-corrected chi connectivity index (χ3v) is 2.58. The van der Waals surface area contributed by atoms with Gasteiger partial charge in [-0.2, -0.15) is 0 Å². The number of rotatable bonds is 7. The highest BCUT2D eigenvalue weighted by atomic mass is 16.5. The van der Waals surface area contributed by atoms with Gasteiger partial charge in [-0.3, -0.25) is 4.79 Å². The van der Waals surface area contributed by atoms with Crippen molar-refractivity contribution in [2.24, 2.45) is 5.73 Å². The van der Waals surface area contributed by atoms with E-state index in [2.05, 4.69) is 0 Å². The second-order valence-corrected chi connectivity index (χ2v) is 3.76. The lowest BCUT2D eigenvalue weighted by atomic mass is 10.0. The van der Waals surface area contributed by atoms with Crippen LogP contribution in [0.4, 0.5) is 0 Å². The van der Waals surface area contributed by atoms with Gasteiger partial charge in [0, 0.05) is 19.1 Å².